The summed E-state index contributed by atoms with van der Waals surface area (Å²) in [5.74, 6) is -5.76. The van der Waals surface area contributed by atoms with E-state index in [0.717, 1.165) is 13.3 Å². The summed E-state index contributed by atoms with van der Waals surface area (Å²) in [6.07, 6.45) is -19.3. The van der Waals surface area contributed by atoms with Crippen LogP contribution in [0.1, 0.15) is 53.4 Å². The van der Waals surface area contributed by atoms with Crippen LogP contribution < -0.4 is 5.32 Å². The molecule has 0 aromatic rings. The second-order valence-electron chi connectivity index (χ2n) is 12.3. The molecule has 3 fully saturated rings. The molecule has 0 aliphatic carbocycles. The van der Waals surface area contributed by atoms with Crippen molar-refractivity contribution in [1.29, 1.82) is 0 Å². The minimum Gasteiger partial charge on any atom is -0.477 e. The molecule has 0 aromatic heterocycles. The molecule has 1 amide bonds. The molecule has 3 saturated heterocycles. The van der Waals surface area contributed by atoms with E-state index in [1.54, 1.807) is 6.92 Å². The van der Waals surface area contributed by atoms with E-state index in [4.69, 9.17) is 28.4 Å². The number of hydrogen-bond acceptors (Lipinski definition) is 16. The molecule has 0 spiro atoms. The van der Waals surface area contributed by atoms with Gasteiger partial charge in [-0.1, -0.05) is 27.2 Å². The van der Waals surface area contributed by atoms with E-state index < -0.39 is 129 Å². The van der Waals surface area contributed by atoms with Crippen LogP contribution in [-0.4, -0.2) is 169 Å². The average molecular weight is 686 g/mol. The van der Waals surface area contributed by atoms with Gasteiger partial charge in [0.15, 0.2) is 12.6 Å². The molecule has 10 N–H and O–H groups in total. The maximum atomic E-state index is 12.5. The van der Waals surface area contributed by atoms with Crippen molar-refractivity contribution < 1.29 is 84.0 Å². The lowest BCUT2D eigenvalue weighted by Gasteiger charge is -2.48. The van der Waals surface area contributed by atoms with Crippen molar-refractivity contribution in [2.75, 3.05) is 19.8 Å². The third-order valence-corrected chi connectivity index (χ3v) is 8.79. The number of rotatable bonds is 15. The van der Waals surface area contributed by atoms with Crippen LogP contribution in [0.3, 0.4) is 0 Å². The molecule has 0 radical (unpaired) electrons. The number of unbranched alkanes of at least 4 members (excludes halogenated alkanes) is 1. The Labute approximate surface area is 272 Å². The molecule has 3 aliphatic heterocycles. The lowest BCUT2D eigenvalue weighted by molar-refractivity contribution is -0.362. The fraction of sp³-hybridized carbons (Fsp3) is 0.931. The monoisotopic (exact) mass is 685 g/mol. The van der Waals surface area contributed by atoms with Crippen molar-refractivity contribution in [2.24, 2.45) is 5.92 Å². The highest BCUT2D eigenvalue weighted by Crippen LogP contribution is 2.36. The van der Waals surface area contributed by atoms with Crippen molar-refractivity contribution in [1.82, 2.24) is 5.32 Å². The molecular weight excluding hydrogens is 634 g/mol. The summed E-state index contributed by atoms with van der Waals surface area (Å²) in [6.45, 7) is 5.16. The van der Waals surface area contributed by atoms with Crippen LogP contribution in [0.5, 0.6) is 0 Å². The largest absolute Gasteiger partial charge is 0.477 e. The highest BCUT2D eigenvalue weighted by molar-refractivity contribution is 5.76. The van der Waals surface area contributed by atoms with Crippen LogP contribution >= 0.6 is 0 Å². The van der Waals surface area contributed by atoms with E-state index >= 15 is 0 Å². The second-order valence-corrected chi connectivity index (χ2v) is 12.3. The normalized spacial score (nSPS) is 42.4. The van der Waals surface area contributed by atoms with Gasteiger partial charge in [0.1, 0.15) is 48.8 Å². The number of carboxylic acid groups (broad SMARTS) is 1. The summed E-state index contributed by atoms with van der Waals surface area (Å²) in [4.78, 5) is 24.3. The van der Waals surface area contributed by atoms with E-state index in [9.17, 15) is 55.5 Å². The van der Waals surface area contributed by atoms with Gasteiger partial charge in [-0.2, -0.15) is 0 Å². The number of nitrogens with one attached hydrogen (secondary N) is 1. The molecule has 18 nitrogen and oxygen atoms in total. The predicted octanol–water partition coefficient (Wildman–Crippen LogP) is -3.71. The van der Waals surface area contributed by atoms with Gasteiger partial charge < -0.3 is 79.7 Å². The number of ether oxygens (including phenoxy) is 6. The number of carbonyl (C=O) groups is 2. The van der Waals surface area contributed by atoms with Gasteiger partial charge in [-0.15, -0.1) is 0 Å². The third-order valence-electron chi connectivity index (χ3n) is 8.79. The van der Waals surface area contributed by atoms with Crippen molar-refractivity contribution in [2.45, 2.75) is 145 Å². The molecule has 0 saturated carbocycles. The van der Waals surface area contributed by atoms with E-state index in [-0.39, 0.29) is 6.42 Å². The SMILES string of the molecule is CCCCO[C@H]1OC(CO)[C@@H](O)[C@H](O[C@@H]2OC(CO[C@]3(C(=O)O)C[C@@H](O)[C@@H](NC(C)=O)C([C@H](O)[C@H](O)CC)O3)[C@H](O)[C@H](O)C2O)C1C. The van der Waals surface area contributed by atoms with Crippen molar-refractivity contribution >= 4 is 11.9 Å². The molecule has 3 aliphatic rings. The highest BCUT2D eigenvalue weighted by Gasteiger charge is 2.57. The van der Waals surface area contributed by atoms with Crippen molar-refractivity contribution in [3.05, 3.63) is 0 Å². The Hall–Kier alpha value is -1.62. The van der Waals surface area contributed by atoms with Crippen molar-refractivity contribution in [3.63, 3.8) is 0 Å². The molecule has 3 heterocycles. The molecule has 47 heavy (non-hydrogen) atoms. The summed E-state index contributed by atoms with van der Waals surface area (Å²) < 4.78 is 34.3. The molecular formula is C29H51NO17. The Morgan fingerprint density at radius 1 is 0.979 bits per heavy atom. The number of carboxylic acids is 1. The third kappa shape index (κ3) is 9.14. The van der Waals surface area contributed by atoms with Gasteiger partial charge in [0.25, 0.3) is 5.79 Å². The summed E-state index contributed by atoms with van der Waals surface area (Å²) in [7, 11) is 0. The minimum absolute atomic E-state index is 0.0135. The van der Waals surface area contributed by atoms with Crippen LogP contribution in [0.2, 0.25) is 0 Å². The maximum Gasteiger partial charge on any atom is 0.364 e. The average Bonchev–Trinajstić information content (AvgIpc) is 3.03. The predicted molar refractivity (Wildman–Crippen MR) is 155 cm³/mol. The van der Waals surface area contributed by atoms with Crippen LogP contribution in [0.4, 0.5) is 0 Å². The molecule has 0 bridgehead atoms. The van der Waals surface area contributed by atoms with Gasteiger partial charge in [0.05, 0.1) is 37.6 Å². The van der Waals surface area contributed by atoms with Crippen LogP contribution in [0.15, 0.2) is 0 Å². The molecule has 16 atom stereocenters. The zero-order chi connectivity index (χ0) is 35.2. The van der Waals surface area contributed by atoms with Gasteiger partial charge in [-0.05, 0) is 12.8 Å². The summed E-state index contributed by atoms with van der Waals surface area (Å²) in [5, 5.41) is 97.2. The van der Waals surface area contributed by atoms with E-state index in [0.29, 0.717) is 13.0 Å². The van der Waals surface area contributed by atoms with Gasteiger partial charge >= 0.3 is 5.97 Å². The number of hydrogen-bond donors (Lipinski definition) is 10. The molecule has 274 valence electrons. The fourth-order valence-electron chi connectivity index (χ4n) is 5.89. The summed E-state index contributed by atoms with van der Waals surface area (Å²) >= 11 is 0. The number of aliphatic hydroxyl groups is 8. The molecule has 18 heteroatoms. The lowest BCUT2D eigenvalue weighted by atomic mass is 9.88. The molecule has 0 aromatic carbocycles. The topological polar surface area (TPSA) is 284 Å². The summed E-state index contributed by atoms with van der Waals surface area (Å²) in [5.41, 5.74) is 0. The Morgan fingerprint density at radius 2 is 1.64 bits per heavy atom. The van der Waals surface area contributed by atoms with Gasteiger partial charge in [0, 0.05) is 25.9 Å². The Kier molecular flexibility index (Phi) is 14.7. The number of carbonyl (C=O) groups excluding carboxylic acids is 1. The standard InChI is InChI=1S/C29H51NO17/c1-5-7-8-42-26-12(3)24(21(37)16(10-31)44-26)46-27-23(39)22(38)20(36)17(45-27)11-43-29(28(40)41)9-15(34)18(30-13(4)32)25(47-29)19(35)14(33)6-2/h12,14-27,31,33-39H,5-11H2,1-4H3,(H,30,32)(H,40,41)/t12?,14-,15-,16?,17?,18-,19-,20+,21-,22+,23?,24-,25?,26+,27+,29-/m1/s1. The van der Waals surface area contributed by atoms with E-state index in [1.807, 2.05) is 6.92 Å². The van der Waals surface area contributed by atoms with Crippen LogP contribution in [0.25, 0.3) is 0 Å². The number of amides is 1. The van der Waals surface area contributed by atoms with Gasteiger partial charge in [-0.3, -0.25) is 4.79 Å². The zero-order valence-corrected chi connectivity index (χ0v) is 26.9. The molecule has 5 unspecified atom stereocenters. The first-order chi connectivity index (χ1) is 22.1. The van der Waals surface area contributed by atoms with E-state index in [2.05, 4.69) is 5.32 Å². The number of aliphatic carboxylic acids is 1. The highest BCUT2D eigenvalue weighted by atomic mass is 16.8. The first-order valence-corrected chi connectivity index (χ1v) is 15.9. The van der Waals surface area contributed by atoms with Crippen molar-refractivity contribution in [3.8, 4) is 0 Å². The fourth-order valence-corrected chi connectivity index (χ4v) is 5.89. The summed E-state index contributed by atoms with van der Waals surface area (Å²) in [6, 6.07) is -1.34. The zero-order valence-electron chi connectivity index (χ0n) is 26.9. The Morgan fingerprint density at radius 3 is 2.21 bits per heavy atom. The van der Waals surface area contributed by atoms with Gasteiger partial charge in [0.2, 0.25) is 5.91 Å². The minimum atomic E-state index is -2.70. The number of aliphatic hydroxyl groups excluding tert-OH is 8. The lowest BCUT2D eigenvalue weighted by Crippen LogP contribution is -2.68. The Balaban J connectivity index is 1.81. The first kappa shape index (κ1) is 39.8. The van der Waals surface area contributed by atoms with E-state index in [1.165, 1.54) is 6.92 Å². The quantitative estimate of drug-likeness (QED) is 0.0742. The smallest absolute Gasteiger partial charge is 0.364 e. The van der Waals surface area contributed by atoms with Crippen LogP contribution in [-0.2, 0) is 38.0 Å². The van der Waals surface area contributed by atoms with Crippen LogP contribution in [0, 0.1) is 5.92 Å². The van der Waals surface area contributed by atoms with Gasteiger partial charge in [-0.25, -0.2) is 4.79 Å². The second kappa shape index (κ2) is 17.3. The Bertz CT molecular complexity index is 1010. The molecule has 3 rings (SSSR count). The first-order valence-electron chi connectivity index (χ1n) is 15.9. The maximum absolute atomic E-state index is 12.5.